The maximum atomic E-state index is 13.0. The third-order valence-electron chi connectivity index (χ3n) is 4.60. The molecule has 6 heteroatoms. The van der Waals surface area contributed by atoms with Crippen molar-refractivity contribution in [1.82, 2.24) is 14.9 Å². The van der Waals surface area contributed by atoms with Crippen molar-refractivity contribution in [3.05, 3.63) is 48.4 Å². The summed E-state index contributed by atoms with van der Waals surface area (Å²) in [6.45, 7) is 4.71. The predicted octanol–water partition coefficient (Wildman–Crippen LogP) is 3.37. The Bertz CT molecular complexity index is 797. The zero-order valence-corrected chi connectivity index (χ0v) is 14.4. The number of carbonyl (C=O) groups is 1. The Kier molecular flexibility index (Phi) is 4.66. The van der Waals surface area contributed by atoms with Crippen LogP contribution in [0, 0.1) is 16.7 Å². The first-order chi connectivity index (χ1) is 12.0. The Hall–Kier alpha value is -2.94. The number of benzene rings is 1. The molecule has 0 spiro atoms. The van der Waals surface area contributed by atoms with Gasteiger partial charge >= 0.3 is 0 Å². The second-order valence-corrected chi connectivity index (χ2v) is 6.92. The number of hydrogen-bond donors (Lipinski definition) is 1. The van der Waals surface area contributed by atoms with Crippen LogP contribution in [0.3, 0.4) is 0 Å². The van der Waals surface area contributed by atoms with Gasteiger partial charge in [-0.05, 0) is 36.5 Å². The smallest absolute Gasteiger partial charge is 0.255 e. The number of anilines is 2. The number of amides is 1. The van der Waals surface area contributed by atoms with Gasteiger partial charge in [0.1, 0.15) is 11.9 Å². The number of piperidine rings is 1. The SMILES string of the molecule is CC1(C)CCCN(C(=O)c2cccc(Nc3cnccn3)c2)C1C#N. The molecular weight excluding hydrogens is 314 g/mol. The van der Waals surface area contributed by atoms with Crippen LogP contribution in [0.1, 0.15) is 37.0 Å². The van der Waals surface area contributed by atoms with Crippen LogP contribution in [-0.2, 0) is 0 Å². The molecule has 2 heterocycles. The largest absolute Gasteiger partial charge is 0.339 e. The summed E-state index contributed by atoms with van der Waals surface area (Å²) in [6.07, 6.45) is 6.68. The van der Waals surface area contributed by atoms with Crippen molar-refractivity contribution in [3.63, 3.8) is 0 Å². The molecule has 0 saturated carbocycles. The van der Waals surface area contributed by atoms with E-state index in [2.05, 4.69) is 21.4 Å². The summed E-state index contributed by atoms with van der Waals surface area (Å²) < 4.78 is 0. The fraction of sp³-hybridized carbons (Fsp3) is 0.368. The highest BCUT2D eigenvalue weighted by Crippen LogP contribution is 2.35. The van der Waals surface area contributed by atoms with Gasteiger partial charge in [-0.2, -0.15) is 5.26 Å². The summed E-state index contributed by atoms with van der Waals surface area (Å²) in [4.78, 5) is 22.9. The minimum absolute atomic E-state index is 0.109. The summed E-state index contributed by atoms with van der Waals surface area (Å²) in [5.41, 5.74) is 1.13. The Morgan fingerprint density at radius 3 is 2.96 bits per heavy atom. The Balaban J connectivity index is 1.83. The van der Waals surface area contributed by atoms with E-state index in [0.717, 1.165) is 18.5 Å². The van der Waals surface area contributed by atoms with E-state index in [4.69, 9.17) is 0 Å². The number of hydrogen-bond acceptors (Lipinski definition) is 5. The van der Waals surface area contributed by atoms with Crippen molar-refractivity contribution in [2.75, 3.05) is 11.9 Å². The molecule has 1 aliphatic rings. The molecule has 1 N–H and O–H groups in total. The second kappa shape index (κ2) is 6.89. The molecule has 128 valence electrons. The maximum absolute atomic E-state index is 13.0. The third kappa shape index (κ3) is 3.61. The van der Waals surface area contributed by atoms with Crippen molar-refractivity contribution < 1.29 is 4.79 Å². The lowest BCUT2D eigenvalue weighted by atomic mass is 9.77. The first kappa shape index (κ1) is 16.9. The first-order valence-electron chi connectivity index (χ1n) is 8.35. The quantitative estimate of drug-likeness (QED) is 0.930. The second-order valence-electron chi connectivity index (χ2n) is 6.92. The molecule has 1 aromatic carbocycles. The predicted molar refractivity (Wildman–Crippen MR) is 95.2 cm³/mol. The molecule has 0 aliphatic carbocycles. The topological polar surface area (TPSA) is 81.9 Å². The molecule has 0 radical (unpaired) electrons. The fourth-order valence-corrected chi connectivity index (χ4v) is 3.26. The van der Waals surface area contributed by atoms with Crippen molar-refractivity contribution in [1.29, 1.82) is 5.26 Å². The van der Waals surface area contributed by atoms with Gasteiger partial charge in [-0.3, -0.25) is 9.78 Å². The molecule has 25 heavy (non-hydrogen) atoms. The zero-order chi connectivity index (χ0) is 17.9. The summed E-state index contributed by atoms with van der Waals surface area (Å²) in [5, 5.41) is 12.7. The highest BCUT2D eigenvalue weighted by molar-refractivity contribution is 5.95. The van der Waals surface area contributed by atoms with Crippen LogP contribution in [0.15, 0.2) is 42.9 Å². The first-order valence-corrected chi connectivity index (χ1v) is 8.35. The minimum atomic E-state index is -0.412. The molecule has 1 atom stereocenters. The van der Waals surface area contributed by atoms with Crippen LogP contribution < -0.4 is 5.32 Å². The van der Waals surface area contributed by atoms with E-state index < -0.39 is 6.04 Å². The summed E-state index contributed by atoms with van der Waals surface area (Å²) in [5.74, 6) is 0.503. The number of nitriles is 1. The van der Waals surface area contributed by atoms with Crippen molar-refractivity contribution in [2.45, 2.75) is 32.7 Å². The van der Waals surface area contributed by atoms with Gasteiger partial charge in [0.15, 0.2) is 0 Å². The molecular formula is C19H21N5O. The van der Waals surface area contributed by atoms with Crippen molar-refractivity contribution in [3.8, 4) is 6.07 Å². The molecule has 1 unspecified atom stereocenters. The summed E-state index contributed by atoms with van der Waals surface area (Å²) in [6, 6.07) is 9.16. The van der Waals surface area contributed by atoms with Crippen LogP contribution in [0.5, 0.6) is 0 Å². The Labute approximate surface area is 147 Å². The highest BCUT2D eigenvalue weighted by Gasteiger charge is 2.40. The van der Waals surface area contributed by atoms with Gasteiger partial charge < -0.3 is 10.2 Å². The Morgan fingerprint density at radius 1 is 1.40 bits per heavy atom. The Morgan fingerprint density at radius 2 is 2.24 bits per heavy atom. The molecule has 1 saturated heterocycles. The normalized spacial score (nSPS) is 19.1. The van der Waals surface area contributed by atoms with Gasteiger partial charge in [-0.15, -0.1) is 0 Å². The number of rotatable bonds is 3. The lowest BCUT2D eigenvalue weighted by Crippen LogP contribution is -2.51. The fourth-order valence-electron chi connectivity index (χ4n) is 3.26. The number of nitrogens with one attached hydrogen (secondary N) is 1. The van der Waals surface area contributed by atoms with Crippen LogP contribution in [-0.4, -0.2) is 33.4 Å². The van der Waals surface area contributed by atoms with E-state index in [1.807, 2.05) is 26.0 Å². The van der Waals surface area contributed by atoms with E-state index in [-0.39, 0.29) is 11.3 Å². The molecule has 1 amide bonds. The molecule has 1 aromatic heterocycles. The average Bonchev–Trinajstić information content (AvgIpc) is 2.61. The van der Waals surface area contributed by atoms with Crippen molar-refractivity contribution in [2.24, 2.45) is 5.41 Å². The number of carbonyl (C=O) groups excluding carboxylic acids is 1. The summed E-state index contributed by atoms with van der Waals surface area (Å²) >= 11 is 0. The van der Waals surface area contributed by atoms with Crippen LogP contribution >= 0.6 is 0 Å². The zero-order valence-electron chi connectivity index (χ0n) is 14.4. The van der Waals surface area contributed by atoms with E-state index in [1.165, 1.54) is 0 Å². The molecule has 6 nitrogen and oxygen atoms in total. The molecule has 2 aromatic rings. The third-order valence-corrected chi connectivity index (χ3v) is 4.60. The van der Waals surface area contributed by atoms with Crippen molar-refractivity contribution >= 4 is 17.4 Å². The number of likely N-dealkylation sites (tertiary alicyclic amines) is 1. The maximum Gasteiger partial charge on any atom is 0.255 e. The van der Waals surface area contributed by atoms with E-state index in [1.54, 1.807) is 35.6 Å². The van der Waals surface area contributed by atoms with Gasteiger partial charge in [0.2, 0.25) is 0 Å². The lowest BCUT2D eigenvalue weighted by Gasteiger charge is -2.42. The molecule has 0 bridgehead atoms. The number of nitrogens with zero attached hydrogens (tertiary/aromatic N) is 4. The van der Waals surface area contributed by atoms with Gasteiger partial charge in [-0.25, -0.2) is 4.98 Å². The minimum Gasteiger partial charge on any atom is -0.339 e. The van der Waals surface area contributed by atoms with Gasteiger partial charge in [0.25, 0.3) is 5.91 Å². The molecule has 1 fully saturated rings. The van der Waals surface area contributed by atoms with Crippen LogP contribution in [0.2, 0.25) is 0 Å². The lowest BCUT2D eigenvalue weighted by molar-refractivity contribution is 0.0438. The molecule has 3 rings (SSSR count). The van der Waals surface area contributed by atoms with Crippen LogP contribution in [0.4, 0.5) is 11.5 Å². The van der Waals surface area contributed by atoms with Crippen LogP contribution in [0.25, 0.3) is 0 Å². The average molecular weight is 335 g/mol. The van der Waals surface area contributed by atoms with E-state index >= 15 is 0 Å². The van der Waals surface area contributed by atoms with Gasteiger partial charge in [0.05, 0.1) is 12.3 Å². The van der Waals surface area contributed by atoms with E-state index in [9.17, 15) is 10.1 Å². The van der Waals surface area contributed by atoms with Gasteiger partial charge in [0, 0.05) is 30.2 Å². The number of aromatic nitrogens is 2. The van der Waals surface area contributed by atoms with Gasteiger partial charge in [-0.1, -0.05) is 19.9 Å². The summed E-state index contributed by atoms with van der Waals surface area (Å²) in [7, 11) is 0. The monoisotopic (exact) mass is 335 g/mol. The van der Waals surface area contributed by atoms with E-state index in [0.29, 0.717) is 17.9 Å². The standard InChI is InChI=1S/C19H21N5O/c1-19(2)7-4-10-24(16(19)12-20)18(25)14-5-3-6-15(11-14)23-17-13-21-8-9-22-17/h3,5-6,8-9,11,13,16H,4,7,10H2,1-2H3,(H,22,23). The highest BCUT2D eigenvalue weighted by atomic mass is 16.2. The molecule has 1 aliphatic heterocycles.